The van der Waals surface area contributed by atoms with Gasteiger partial charge in [0.2, 0.25) is 0 Å². The number of hydrogen-bond donors (Lipinski definition) is 2. The smallest absolute Gasteiger partial charge is 0.0642 e. The van der Waals surface area contributed by atoms with Crippen LogP contribution in [0.4, 0.5) is 5.69 Å². The van der Waals surface area contributed by atoms with E-state index in [0.29, 0.717) is 12.6 Å². The predicted octanol–water partition coefficient (Wildman–Crippen LogP) is 3.19. The molecular formula is C16H25ClN2O. The molecule has 4 heteroatoms. The molecule has 1 aliphatic rings. The summed E-state index contributed by atoms with van der Waals surface area (Å²) < 4.78 is 0. The monoisotopic (exact) mass is 296 g/mol. The van der Waals surface area contributed by atoms with Gasteiger partial charge in [-0.15, -0.1) is 0 Å². The minimum Gasteiger partial charge on any atom is -0.395 e. The van der Waals surface area contributed by atoms with Crippen LogP contribution in [0, 0.1) is 0 Å². The molecule has 1 aliphatic carbocycles. The van der Waals surface area contributed by atoms with Crippen LogP contribution in [-0.2, 0) is 6.54 Å². The van der Waals surface area contributed by atoms with E-state index in [4.69, 9.17) is 11.6 Å². The van der Waals surface area contributed by atoms with Gasteiger partial charge in [-0.3, -0.25) is 0 Å². The Morgan fingerprint density at radius 3 is 2.75 bits per heavy atom. The number of benzene rings is 1. The third-order valence-electron chi connectivity index (χ3n) is 3.68. The fourth-order valence-electron chi connectivity index (χ4n) is 2.29. The lowest BCUT2D eigenvalue weighted by Gasteiger charge is -2.25. The summed E-state index contributed by atoms with van der Waals surface area (Å²) in [5.74, 6) is 0. The number of halogens is 1. The van der Waals surface area contributed by atoms with Crippen molar-refractivity contribution in [1.82, 2.24) is 5.32 Å². The highest BCUT2D eigenvalue weighted by molar-refractivity contribution is 6.33. The van der Waals surface area contributed by atoms with Crippen molar-refractivity contribution >= 4 is 17.3 Å². The van der Waals surface area contributed by atoms with Crippen LogP contribution in [-0.4, -0.2) is 30.8 Å². The second kappa shape index (κ2) is 7.87. The predicted molar refractivity (Wildman–Crippen MR) is 85.5 cm³/mol. The zero-order chi connectivity index (χ0) is 14.4. The summed E-state index contributed by atoms with van der Waals surface area (Å²) in [6.45, 7) is 4.80. The summed E-state index contributed by atoms with van der Waals surface area (Å²) in [7, 11) is 0. The number of aliphatic hydroxyl groups excluding tert-OH is 1. The lowest BCUT2D eigenvalue weighted by molar-refractivity contribution is 0.301. The number of hydrogen-bond acceptors (Lipinski definition) is 3. The summed E-state index contributed by atoms with van der Waals surface area (Å²) in [6.07, 6.45) is 4.85. The first-order chi connectivity index (χ1) is 9.74. The van der Waals surface area contributed by atoms with Gasteiger partial charge in [-0.05, 0) is 37.0 Å². The molecule has 0 heterocycles. The Kier molecular flexibility index (Phi) is 6.14. The topological polar surface area (TPSA) is 35.5 Å². The van der Waals surface area contributed by atoms with Crippen molar-refractivity contribution in [1.29, 1.82) is 0 Å². The van der Waals surface area contributed by atoms with E-state index in [2.05, 4.69) is 29.3 Å². The number of anilines is 1. The Labute approximate surface area is 126 Å². The molecule has 2 rings (SSSR count). The van der Waals surface area contributed by atoms with Crippen LogP contribution in [0.2, 0.25) is 5.02 Å². The zero-order valence-electron chi connectivity index (χ0n) is 12.2. The zero-order valence-corrected chi connectivity index (χ0v) is 13.0. The molecule has 0 amide bonds. The molecule has 0 aromatic heterocycles. The van der Waals surface area contributed by atoms with E-state index in [1.165, 1.54) is 18.4 Å². The lowest BCUT2D eigenvalue weighted by Crippen LogP contribution is -2.28. The van der Waals surface area contributed by atoms with Crippen molar-refractivity contribution in [3.63, 3.8) is 0 Å². The van der Waals surface area contributed by atoms with Crippen molar-refractivity contribution in [2.24, 2.45) is 0 Å². The third-order valence-corrected chi connectivity index (χ3v) is 3.98. The summed E-state index contributed by atoms with van der Waals surface area (Å²) in [4.78, 5) is 2.17. The van der Waals surface area contributed by atoms with Crippen LogP contribution in [0.25, 0.3) is 0 Å². The lowest BCUT2D eigenvalue weighted by atomic mass is 10.1. The summed E-state index contributed by atoms with van der Waals surface area (Å²) in [5, 5.41) is 13.5. The molecule has 2 N–H and O–H groups in total. The maximum atomic E-state index is 9.20. The van der Waals surface area contributed by atoms with E-state index in [9.17, 15) is 5.11 Å². The largest absolute Gasteiger partial charge is 0.395 e. The Morgan fingerprint density at radius 1 is 1.35 bits per heavy atom. The van der Waals surface area contributed by atoms with Gasteiger partial charge in [-0.25, -0.2) is 0 Å². The van der Waals surface area contributed by atoms with Crippen LogP contribution >= 0.6 is 11.6 Å². The Morgan fingerprint density at radius 2 is 2.15 bits per heavy atom. The van der Waals surface area contributed by atoms with Crippen molar-refractivity contribution in [3.8, 4) is 0 Å². The molecule has 20 heavy (non-hydrogen) atoms. The van der Waals surface area contributed by atoms with E-state index in [0.717, 1.165) is 36.6 Å². The van der Waals surface area contributed by atoms with Gasteiger partial charge in [-0.2, -0.15) is 0 Å². The van der Waals surface area contributed by atoms with Gasteiger partial charge in [0.25, 0.3) is 0 Å². The molecule has 0 bridgehead atoms. The Bertz CT molecular complexity index is 421. The first-order valence-electron chi connectivity index (χ1n) is 7.62. The quantitative estimate of drug-likeness (QED) is 0.734. The van der Waals surface area contributed by atoms with E-state index in [1.807, 2.05) is 6.07 Å². The van der Waals surface area contributed by atoms with E-state index >= 15 is 0 Å². The number of nitrogens with zero attached hydrogens (tertiary/aromatic N) is 1. The van der Waals surface area contributed by atoms with E-state index < -0.39 is 0 Å². The van der Waals surface area contributed by atoms with Gasteiger partial charge in [0.1, 0.15) is 0 Å². The molecule has 1 aromatic carbocycles. The normalized spacial score (nSPS) is 14.6. The molecule has 0 saturated heterocycles. The van der Waals surface area contributed by atoms with E-state index in [1.54, 1.807) is 0 Å². The molecule has 1 fully saturated rings. The van der Waals surface area contributed by atoms with Gasteiger partial charge in [-0.1, -0.05) is 31.0 Å². The molecule has 1 aromatic rings. The third kappa shape index (κ3) is 4.65. The molecule has 0 radical (unpaired) electrons. The van der Waals surface area contributed by atoms with E-state index in [-0.39, 0.29) is 6.61 Å². The van der Waals surface area contributed by atoms with Gasteiger partial charge in [0.15, 0.2) is 0 Å². The van der Waals surface area contributed by atoms with Gasteiger partial charge >= 0.3 is 0 Å². The number of unbranched alkanes of at least 4 members (excludes halogenated alkanes) is 1. The van der Waals surface area contributed by atoms with Crippen LogP contribution in [0.15, 0.2) is 18.2 Å². The maximum Gasteiger partial charge on any atom is 0.0642 e. The second-order valence-corrected chi connectivity index (χ2v) is 5.91. The highest BCUT2D eigenvalue weighted by Crippen LogP contribution is 2.28. The fourth-order valence-corrected chi connectivity index (χ4v) is 2.61. The molecule has 3 nitrogen and oxygen atoms in total. The van der Waals surface area contributed by atoms with Crippen molar-refractivity contribution in [2.45, 2.75) is 45.2 Å². The average molecular weight is 297 g/mol. The Hall–Kier alpha value is -0.770. The highest BCUT2D eigenvalue weighted by Gasteiger charge is 2.20. The summed E-state index contributed by atoms with van der Waals surface area (Å²) in [6, 6.07) is 6.97. The number of aliphatic hydroxyl groups is 1. The first kappa shape index (κ1) is 15.6. The van der Waals surface area contributed by atoms with Crippen molar-refractivity contribution in [2.75, 3.05) is 24.6 Å². The van der Waals surface area contributed by atoms with Crippen LogP contribution < -0.4 is 10.2 Å². The molecular weight excluding hydrogens is 272 g/mol. The van der Waals surface area contributed by atoms with Crippen LogP contribution in [0.3, 0.4) is 0 Å². The molecule has 0 spiro atoms. The standard InChI is InChI=1S/C16H25ClN2O/c1-2-3-8-19(9-10-20)16-7-4-13(11-15(16)17)12-18-14-5-6-14/h4,7,11,14,18,20H,2-3,5-6,8-10,12H2,1H3. The molecule has 0 aliphatic heterocycles. The maximum absolute atomic E-state index is 9.20. The molecule has 0 atom stereocenters. The highest BCUT2D eigenvalue weighted by atomic mass is 35.5. The van der Waals surface area contributed by atoms with Gasteiger partial charge in [0.05, 0.1) is 17.3 Å². The van der Waals surface area contributed by atoms with Crippen molar-refractivity contribution < 1.29 is 5.11 Å². The van der Waals surface area contributed by atoms with Crippen molar-refractivity contribution in [3.05, 3.63) is 28.8 Å². The molecule has 0 unspecified atom stereocenters. The minimum absolute atomic E-state index is 0.158. The second-order valence-electron chi connectivity index (χ2n) is 5.51. The average Bonchev–Trinajstić information content (AvgIpc) is 3.26. The number of rotatable bonds is 9. The number of nitrogens with one attached hydrogen (secondary N) is 1. The summed E-state index contributed by atoms with van der Waals surface area (Å²) in [5.41, 5.74) is 2.26. The Balaban J connectivity index is 2.00. The SMILES string of the molecule is CCCCN(CCO)c1ccc(CNC2CC2)cc1Cl. The van der Waals surface area contributed by atoms with Gasteiger partial charge in [0, 0.05) is 25.7 Å². The summed E-state index contributed by atoms with van der Waals surface area (Å²) >= 11 is 6.42. The first-order valence-corrected chi connectivity index (χ1v) is 8.00. The van der Waals surface area contributed by atoms with Gasteiger partial charge < -0.3 is 15.3 Å². The fraction of sp³-hybridized carbons (Fsp3) is 0.625. The van der Waals surface area contributed by atoms with Crippen LogP contribution in [0.5, 0.6) is 0 Å². The minimum atomic E-state index is 0.158. The van der Waals surface area contributed by atoms with Crippen LogP contribution in [0.1, 0.15) is 38.2 Å². The molecule has 112 valence electrons. The molecule has 1 saturated carbocycles.